The Kier molecular flexibility index (Phi) is 4.52. The lowest BCUT2D eigenvalue weighted by Crippen LogP contribution is -2.41. The van der Waals surface area contributed by atoms with Gasteiger partial charge in [-0.2, -0.15) is 0 Å². The van der Waals surface area contributed by atoms with E-state index in [0.717, 1.165) is 49.7 Å². The predicted molar refractivity (Wildman–Crippen MR) is 146 cm³/mol. The van der Waals surface area contributed by atoms with Crippen molar-refractivity contribution in [1.29, 1.82) is 0 Å². The summed E-state index contributed by atoms with van der Waals surface area (Å²) in [6.45, 7) is 8.16. The lowest BCUT2D eigenvalue weighted by Gasteiger charge is -2.32. The molecule has 2 aliphatic rings. The van der Waals surface area contributed by atoms with Crippen molar-refractivity contribution in [2.24, 2.45) is 0 Å². The Hall–Kier alpha value is -3.39. The second-order valence-electron chi connectivity index (χ2n) is 10.9. The number of hydrogen-bond donors (Lipinski definition) is 0. The van der Waals surface area contributed by atoms with Crippen LogP contribution in [0.3, 0.4) is 0 Å². The Labute approximate surface area is 216 Å². The van der Waals surface area contributed by atoms with Crippen molar-refractivity contribution in [2.45, 2.75) is 48.7 Å². The minimum atomic E-state index is -3.53. The van der Waals surface area contributed by atoms with Gasteiger partial charge in [0.2, 0.25) is 9.84 Å². The van der Waals surface area contributed by atoms with Gasteiger partial charge >= 0.3 is 7.12 Å². The van der Waals surface area contributed by atoms with Crippen LogP contribution in [0.1, 0.15) is 27.7 Å². The van der Waals surface area contributed by atoms with Crippen LogP contribution in [0.4, 0.5) is 0 Å². The number of rotatable bonds is 2. The summed E-state index contributed by atoms with van der Waals surface area (Å²) in [7, 11) is -4.00. The molecule has 0 saturated carbocycles. The van der Waals surface area contributed by atoms with E-state index in [0.29, 0.717) is 9.79 Å². The zero-order valence-corrected chi connectivity index (χ0v) is 21.8. The molecule has 5 aromatic rings. The summed E-state index contributed by atoms with van der Waals surface area (Å²) < 4.78 is 45.0. The molecule has 184 valence electrons. The van der Waals surface area contributed by atoms with Crippen molar-refractivity contribution < 1.29 is 22.1 Å². The van der Waals surface area contributed by atoms with Gasteiger partial charge in [-0.25, -0.2) is 8.42 Å². The summed E-state index contributed by atoms with van der Waals surface area (Å²) in [4.78, 5) is 0.728. The summed E-state index contributed by atoms with van der Waals surface area (Å²) in [5.74, 6) is 0. The van der Waals surface area contributed by atoms with Gasteiger partial charge in [0.1, 0.15) is 11.2 Å². The second-order valence-corrected chi connectivity index (χ2v) is 12.8. The highest BCUT2D eigenvalue weighted by atomic mass is 32.2. The Morgan fingerprint density at radius 1 is 0.649 bits per heavy atom. The number of fused-ring (bicyclic) bond motifs is 6. The minimum absolute atomic E-state index is 0.357. The summed E-state index contributed by atoms with van der Waals surface area (Å²) in [5, 5.41) is 1.96. The number of sulfone groups is 1. The molecule has 7 rings (SSSR count). The molecule has 1 fully saturated rings. The van der Waals surface area contributed by atoms with Crippen LogP contribution in [0.25, 0.3) is 44.2 Å². The first-order valence-corrected chi connectivity index (χ1v) is 13.8. The van der Waals surface area contributed by atoms with Crippen LogP contribution in [-0.2, 0) is 19.1 Å². The van der Waals surface area contributed by atoms with E-state index >= 15 is 0 Å². The van der Waals surface area contributed by atoms with E-state index in [-0.39, 0.29) is 0 Å². The Morgan fingerprint density at radius 2 is 1.32 bits per heavy atom. The van der Waals surface area contributed by atoms with Gasteiger partial charge in [-0.05, 0) is 74.6 Å². The third-order valence-corrected chi connectivity index (χ3v) is 9.94. The molecule has 5 nitrogen and oxygen atoms in total. The molecule has 0 spiro atoms. The molecule has 4 aromatic carbocycles. The molecule has 0 aliphatic carbocycles. The van der Waals surface area contributed by atoms with Crippen LogP contribution in [0, 0.1) is 0 Å². The monoisotopic (exact) mass is 508 g/mol. The lowest BCUT2D eigenvalue weighted by atomic mass is 9.79. The van der Waals surface area contributed by atoms with Gasteiger partial charge in [0.15, 0.2) is 0 Å². The molecule has 0 amide bonds. The highest BCUT2D eigenvalue weighted by Crippen LogP contribution is 2.45. The van der Waals surface area contributed by atoms with Gasteiger partial charge in [0.25, 0.3) is 0 Å². The molecule has 7 heteroatoms. The van der Waals surface area contributed by atoms with E-state index in [1.807, 2.05) is 82.3 Å². The molecule has 2 aliphatic heterocycles. The fraction of sp³-hybridized carbons (Fsp3) is 0.200. The highest BCUT2D eigenvalue weighted by Gasteiger charge is 2.51. The van der Waals surface area contributed by atoms with Crippen LogP contribution in [-0.4, -0.2) is 26.7 Å². The van der Waals surface area contributed by atoms with Crippen molar-refractivity contribution in [3.63, 3.8) is 0 Å². The first-order valence-electron chi connectivity index (χ1n) is 12.4. The molecule has 0 N–H and O–H groups in total. The number of benzene rings is 4. The lowest BCUT2D eigenvalue weighted by molar-refractivity contribution is 0.00578. The first kappa shape index (κ1) is 22.8. The van der Waals surface area contributed by atoms with E-state index in [2.05, 4.69) is 6.07 Å². The maximum Gasteiger partial charge on any atom is 0.494 e. The largest absolute Gasteiger partial charge is 0.494 e. The van der Waals surface area contributed by atoms with Crippen molar-refractivity contribution in [2.75, 3.05) is 0 Å². The average Bonchev–Trinajstić information content (AvgIpc) is 3.43. The maximum absolute atomic E-state index is 13.2. The second kappa shape index (κ2) is 7.35. The Bertz CT molecular complexity index is 1850. The van der Waals surface area contributed by atoms with Crippen LogP contribution < -0.4 is 5.46 Å². The Morgan fingerprint density at radius 3 is 2.11 bits per heavy atom. The Balaban J connectivity index is 1.29. The van der Waals surface area contributed by atoms with E-state index in [9.17, 15) is 8.42 Å². The zero-order valence-electron chi connectivity index (χ0n) is 21.0. The number of hydrogen-bond acceptors (Lipinski definition) is 5. The maximum atomic E-state index is 13.2. The molecule has 1 saturated heterocycles. The quantitative estimate of drug-likeness (QED) is 0.255. The van der Waals surface area contributed by atoms with Crippen molar-refractivity contribution in [3.8, 4) is 22.3 Å². The van der Waals surface area contributed by atoms with E-state index in [4.69, 9.17) is 13.7 Å². The molecule has 0 atom stereocenters. The fourth-order valence-corrected chi connectivity index (χ4v) is 7.00. The van der Waals surface area contributed by atoms with Gasteiger partial charge in [0.05, 0.1) is 21.0 Å². The standard InChI is InChI=1S/C30H25BO5S/c1-29(2)30(3,4)36-31(35-29)20-11-13-21-24-15-18(10-14-25(24)34-26(21)17-20)19-9-12-23-22-7-5-6-8-27(22)37(32,33)28(23)16-19/h5-17H,1-4H3. The molecule has 0 radical (unpaired) electrons. The third kappa shape index (κ3) is 3.21. The molecule has 0 unspecified atom stereocenters. The summed E-state index contributed by atoms with van der Waals surface area (Å²) in [6.07, 6.45) is 0. The van der Waals surface area contributed by atoms with Crippen LogP contribution >= 0.6 is 0 Å². The third-order valence-electron chi connectivity index (χ3n) is 8.09. The summed E-state index contributed by atoms with van der Waals surface area (Å²) in [5.41, 5.74) is 4.90. The summed E-state index contributed by atoms with van der Waals surface area (Å²) in [6, 6.07) is 24.8. The molecular weight excluding hydrogens is 483 g/mol. The van der Waals surface area contributed by atoms with Gasteiger partial charge in [0, 0.05) is 21.9 Å². The van der Waals surface area contributed by atoms with E-state index in [1.165, 1.54) is 0 Å². The molecule has 37 heavy (non-hydrogen) atoms. The van der Waals surface area contributed by atoms with Crippen LogP contribution in [0.5, 0.6) is 0 Å². The van der Waals surface area contributed by atoms with E-state index < -0.39 is 28.2 Å². The number of furan rings is 1. The first-order chi connectivity index (χ1) is 17.5. The normalized spacial score (nSPS) is 18.9. The van der Waals surface area contributed by atoms with Crippen molar-refractivity contribution in [3.05, 3.63) is 78.9 Å². The SMILES string of the molecule is CC1(C)OB(c2ccc3c(c2)oc2ccc(-c4ccc5c(c4)S(=O)(=O)c4ccccc4-5)cc23)OC1(C)C. The van der Waals surface area contributed by atoms with Crippen LogP contribution in [0.15, 0.2) is 93.1 Å². The van der Waals surface area contributed by atoms with E-state index in [1.54, 1.807) is 18.2 Å². The topological polar surface area (TPSA) is 65.7 Å². The smallest absolute Gasteiger partial charge is 0.456 e. The van der Waals surface area contributed by atoms with Gasteiger partial charge in [-0.3, -0.25) is 0 Å². The summed E-state index contributed by atoms with van der Waals surface area (Å²) >= 11 is 0. The minimum Gasteiger partial charge on any atom is -0.456 e. The van der Waals surface area contributed by atoms with Gasteiger partial charge in [-0.15, -0.1) is 0 Å². The van der Waals surface area contributed by atoms with Crippen molar-refractivity contribution in [1.82, 2.24) is 0 Å². The zero-order chi connectivity index (χ0) is 25.7. The van der Waals surface area contributed by atoms with Crippen molar-refractivity contribution >= 4 is 44.4 Å². The van der Waals surface area contributed by atoms with Gasteiger partial charge < -0.3 is 13.7 Å². The predicted octanol–water partition coefficient (Wildman–Crippen LogP) is 6.37. The molecule has 0 bridgehead atoms. The molecular formula is C30H25BO5S. The highest BCUT2D eigenvalue weighted by molar-refractivity contribution is 7.92. The molecule has 1 aromatic heterocycles. The van der Waals surface area contributed by atoms with Gasteiger partial charge in [-0.1, -0.05) is 48.5 Å². The molecule has 3 heterocycles. The fourth-order valence-electron chi connectivity index (χ4n) is 5.29. The van der Waals surface area contributed by atoms with Crippen LogP contribution in [0.2, 0.25) is 0 Å². The average molecular weight is 508 g/mol.